The summed E-state index contributed by atoms with van der Waals surface area (Å²) in [5, 5.41) is 2.28. The summed E-state index contributed by atoms with van der Waals surface area (Å²) in [6.07, 6.45) is -5.41. The van der Waals surface area contributed by atoms with Crippen LogP contribution in [0.1, 0.15) is 12.5 Å². The van der Waals surface area contributed by atoms with Crippen LogP contribution in [-0.2, 0) is 11.0 Å². The largest absolute Gasteiger partial charge is 0.481 e. The minimum Gasteiger partial charge on any atom is -0.481 e. The standard InChI is InChI=1S/C16H12ClF4NO2/c1-9(24-12-6-7-14(18)13(17)8-12)15(23)22-11-4-2-10(3-5-11)16(19,20)21/h2-9H,1H3,(H,22,23)/t9-/m1/s1. The number of nitrogens with one attached hydrogen (secondary N) is 1. The van der Waals surface area contributed by atoms with Crippen molar-refractivity contribution in [3.8, 4) is 5.75 Å². The highest BCUT2D eigenvalue weighted by molar-refractivity contribution is 6.30. The third-order valence-corrected chi connectivity index (χ3v) is 3.34. The number of anilines is 1. The van der Waals surface area contributed by atoms with E-state index in [0.717, 1.165) is 30.3 Å². The first-order chi connectivity index (χ1) is 11.2. The molecule has 2 aromatic carbocycles. The molecule has 3 nitrogen and oxygen atoms in total. The number of rotatable bonds is 4. The van der Waals surface area contributed by atoms with Crippen LogP contribution in [0, 0.1) is 5.82 Å². The summed E-state index contributed by atoms with van der Waals surface area (Å²) in [6.45, 7) is 1.44. The van der Waals surface area contributed by atoms with Crippen molar-refractivity contribution in [3.63, 3.8) is 0 Å². The average Bonchev–Trinajstić information content (AvgIpc) is 2.50. The second-order valence-electron chi connectivity index (χ2n) is 4.90. The van der Waals surface area contributed by atoms with E-state index >= 15 is 0 Å². The van der Waals surface area contributed by atoms with Crippen LogP contribution in [0.2, 0.25) is 5.02 Å². The minimum absolute atomic E-state index is 0.150. The second kappa shape index (κ2) is 7.09. The predicted octanol–water partition coefficient (Wildman–Crippen LogP) is 4.90. The summed E-state index contributed by atoms with van der Waals surface area (Å²) < 4.78 is 55.8. The van der Waals surface area contributed by atoms with Gasteiger partial charge in [0.15, 0.2) is 6.10 Å². The normalized spacial score (nSPS) is 12.6. The molecule has 1 atom stereocenters. The number of carbonyl (C=O) groups is 1. The van der Waals surface area contributed by atoms with Crippen LogP contribution in [0.15, 0.2) is 42.5 Å². The summed E-state index contributed by atoms with van der Waals surface area (Å²) in [4.78, 5) is 12.0. The van der Waals surface area contributed by atoms with Crippen molar-refractivity contribution in [1.82, 2.24) is 0 Å². The Morgan fingerprint density at radius 2 is 1.79 bits per heavy atom. The van der Waals surface area contributed by atoms with Crippen molar-refractivity contribution in [3.05, 3.63) is 58.9 Å². The Balaban J connectivity index is 1.99. The highest BCUT2D eigenvalue weighted by Crippen LogP contribution is 2.30. The van der Waals surface area contributed by atoms with Crippen molar-refractivity contribution in [2.75, 3.05) is 5.32 Å². The first kappa shape index (κ1) is 18.1. The van der Waals surface area contributed by atoms with Gasteiger partial charge in [-0.25, -0.2) is 4.39 Å². The molecule has 0 aliphatic rings. The predicted molar refractivity (Wildman–Crippen MR) is 81.6 cm³/mol. The molecule has 2 rings (SSSR count). The Hall–Kier alpha value is -2.28. The fourth-order valence-electron chi connectivity index (χ4n) is 1.79. The zero-order valence-corrected chi connectivity index (χ0v) is 13.1. The summed E-state index contributed by atoms with van der Waals surface area (Å²) >= 11 is 5.61. The molecule has 128 valence electrons. The van der Waals surface area contributed by atoms with Gasteiger partial charge in [0.05, 0.1) is 10.6 Å². The molecule has 0 saturated carbocycles. The van der Waals surface area contributed by atoms with E-state index in [4.69, 9.17) is 16.3 Å². The number of halogens is 5. The number of carbonyl (C=O) groups excluding carboxylic acids is 1. The Labute approximate surface area is 140 Å². The van der Waals surface area contributed by atoms with Gasteiger partial charge in [-0.15, -0.1) is 0 Å². The van der Waals surface area contributed by atoms with E-state index in [1.54, 1.807) is 0 Å². The molecule has 0 heterocycles. The van der Waals surface area contributed by atoms with E-state index in [-0.39, 0.29) is 16.5 Å². The van der Waals surface area contributed by atoms with Gasteiger partial charge in [-0.1, -0.05) is 11.6 Å². The van der Waals surface area contributed by atoms with Gasteiger partial charge in [0.2, 0.25) is 0 Å². The average molecular weight is 362 g/mol. The molecule has 0 aliphatic carbocycles. The lowest BCUT2D eigenvalue weighted by Gasteiger charge is -2.15. The van der Waals surface area contributed by atoms with Gasteiger partial charge in [0.1, 0.15) is 11.6 Å². The van der Waals surface area contributed by atoms with E-state index in [9.17, 15) is 22.4 Å². The first-order valence-electron chi connectivity index (χ1n) is 6.76. The molecule has 8 heteroatoms. The number of amides is 1. The van der Waals surface area contributed by atoms with Gasteiger partial charge in [0, 0.05) is 11.8 Å². The molecule has 0 spiro atoms. The van der Waals surface area contributed by atoms with Crippen LogP contribution in [-0.4, -0.2) is 12.0 Å². The Kier molecular flexibility index (Phi) is 5.33. The highest BCUT2D eigenvalue weighted by Gasteiger charge is 2.30. The molecule has 24 heavy (non-hydrogen) atoms. The van der Waals surface area contributed by atoms with Crippen LogP contribution in [0.4, 0.5) is 23.2 Å². The molecule has 0 aromatic heterocycles. The summed E-state index contributed by atoms with van der Waals surface area (Å²) in [5.41, 5.74) is -0.619. The van der Waals surface area contributed by atoms with E-state index in [0.29, 0.717) is 0 Å². The summed E-state index contributed by atoms with van der Waals surface area (Å²) in [6, 6.07) is 7.63. The van der Waals surface area contributed by atoms with E-state index in [2.05, 4.69) is 5.32 Å². The lowest BCUT2D eigenvalue weighted by Crippen LogP contribution is -2.30. The van der Waals surface area contributed by atoms with Crippen molar-refractivity contribution >= 4 is 23.2 Å². The second-order valence-corrected chi connectivity index (χ2v) is 5.31. The Bertz CT molecular complexity index is 732. The molecule has 0 saturated heterocycles. The topological polar surface area (TPSA) is 38.3 Å². The zero-order chi connectivity index (χ0) is 17.9. The fourth-order valence-corrected chi connectivity index (χ4v) is 1.96. The third-order valence-electron chi connectivity index (χ3n) is 3.05. The minimum atomic E-state index is -4.44. The molecule has 0 aliphatic heterocycles. The van der Waals surface area contributed by atoms with Gasteiger partial charge >= 0.3 is 6.18 Å². The molecule has 0 fully saturated rings. The van der Waals surface area contributed by atoms with Crippen molar-refractivity contribution < 1.29 is 27.1 Å². The van der Waals surface area contributed by atoms with E-state index in [1.165, 1.54) is 19.1 Å². The Morgan fingerprint density at radius 3 is 2.33 bits per heavy atom. The summed E-state index contributed by atoms with van der Waals surface area (Å²) in [7, 11) is 0. The maximum Gasteiger partial charge on any atom is 0.416 e. The third kappa shape index (κ3) is 4.61. The maximum absolute atomic E-state index is 13.1. The number of hydrogen-bond donors (Lipinski definition) is 1. The van der Waals surface area contributed by atoms with Crippen LogP contribution >= 0.6 is 11.6 Å². The molecule has 2 aromatic rings. The zero-order valence-electron chi connectivity index (χ0n) is 12.3. The lowest BCUT2D eigenvalue weighted by atomic mass is 10.2. The lowest BCUT2D eigenvalue weighted by molar-refractivity contribution is -0.137. The van der Waals surface area contributed by atoms with Crippen molar-refractivity contribution in [1.29, 1.82) is 0 Å². The number of ether oxygens (including phenoxy) is 1. The van der Waals surface area contributed by atoms with Gasteiger partial charge in [-0.3, -0.25) is 4.79 Å². The fraction of sp³-hybridized carbons (Fsp3) is 0.188. The SMILES string of the molecule is C[C@@H](Oc1ccc(F)c(Cl)c1)C(=O)Nc1ccc(C(F)(F)F)cc1. The molecular weight excluding hydrogens is 350 g/mol. The number of benzene rings is 2. The van der Waals surface area contributed by atoms with Gasteiger partial charge in [0.25, 0.3) is 5.91 Å². The van der Waals surface area contributed by atoms with Gasteiger partial charge < -0.3 is 10.1 Å². The molecular formula is C16H12ClF4NO2. The first-order valence-corrected chi connectivity index (χ1v) is 7.14. The van der Waals surface area contributed by atoms with Gasteiger partial charge in [-0.2, -0.15) is 13.2 Å². The molecule has 1 amide bonds. The van der Waals surface area contributed by atoms with Crippen molar-refractivity contribution in [2.24, 2.45) is 0 Å². The number of hydrogen-bond acceptors (Lipinski definition) is 2. The number of alkyl halides is 3. The van der Waals surface area contributed by atoms with Crippen LogP contribution in [0.3, 0.4) is 0 Å². The molecule has 0 unspecified atom stereocenters. The maximum atomic E-state index is 13.1. The highest BCUT2D eigenvalue weighted by atomic mass is 35.5. The Morgan fingerprint density at radius 1 is 1.17 bits per heavy atom. The summed E-state index contributed by atoms with van der Waals surface area (Å²) in [5.74, 6) is -1.00. The molecule has 0 bridgehead atoms. The van der Waals surface area contributed by atoms with E-state index in [1.807, 2.05) is 0 Å². The van der Waals surface area contributed by atoms with Crippen LogP contribution in [0.5, 0.6) is 5.75 Å². The molecule has 0 radical (unpaired) electrons. The molecule has 1 N–H and O–H groups in total. The van der Waals surface area contributed by atoms with Crippen molar-refractivity contribution in [2.45, 2.75) is 19.2 Å². The quantitative estimate of drug-likeness (QED) is 0.786. The van der Waals surface area contributed by atoms with Crippen LogP contribution < -0.4 is 10.1 Å². The van der Waals surface area contributed by atoms with Crippen LogP contribution in [0.25, 0.3) is 0 Å². The van der Waals surface area contributed by atoms with E-state index < -0.39 is 29.6 Å². The monoisotopic (exact) mass is 361 g/mol. The smallest absolute Gasteiger partial charge is 0.416 e. The van der Waals surface area contributed by atoms with Gasteiger partial charge in [-0.05, 0) is 43.3 Å².